The number of unbranched alkanes of at least 4 members (excludes halogenated alkanes) is 3. The van der Waals surface area contributed by atoms with Crippen molar-refractivity contribution in [3.8, 4) is 0 Å². The molecule has 0 aromatic rings. The van der Waals surface area contributed by atoms with Crippen molar-refractivity contribution in [2.75, 3.05) is 19.6 Å². The van der Waals surface area contributed by atoms with E-state index in [1.54, 1.807) is 0 Å². The molecule has 0 rings (SSSR count). The lowest BCUT2D eigenvalue weighted by molar-refractivity contribution is 0.150. The number of rotatable bonds is 11. The lowest BCUT2D eigenvalue weighted by Crippen LogP contribution is -2.44. The molecule has 0 saturated carbocycles. The Morgan fingerprint density at radius 1 is 0.889 bits per heavy atom. The molecule has 0 aromatic heterocycles. The molecule has 110 valence electrons. The first-order chi connectivity index (χ1) is 8.51. The van der Waals surface area contributed by atoms with E-state index in [2.05, 4.69) is 39.5 Å². The summed E-state index contributed by atoms with van der Waals surface area (Å²) in [6, 6.07) is 0.589. The van der Waals surface area contributed by atoms with Crippen molar-refractivity contribution in [3.05, 3.63) is 0 Å². The average molecular weight is 256 g/mol. The highest BCUT2D eigenvalue weighted by molar-refractivity contribution is 4.75. The van der Waals surface area contributed by atoms with Gasteiger partial charge in [-0.05, 0) is 18.3 Å². The first-order valence-electron chi connectivity index (χ1n) is 7.95. The van der Waals surface area contributed by atoms with Crippen LogP contribution in [0.1, 0.15) is 66.7 Å². The average Bonchev–Trinajstić information content (AvgIpc) is 2.27. The fourth-order valence-corrected chi connectivity index (χ4v) is 2.57. The molecule has 2 nitrogen and oxygen atoms in total. The molecule has 2 N–H and O–H groups in total. The van der Waals surface area contributed by atoms with Crippen molar-refractivity contribution in [3.63, 3.8) is 0 Å². The van der Waals surface area contributed by atoms with Crippen LogP contribution in [-0.4, -0.2) is 30.6 Å². The van der Waals surface area contributed by atoms with E-state index in [1.165, 1.54) is 45.2 Å². The van der Waals surface area contributed by atoms with Crippen LogP contribution >= 0.6 is 0 Å². The molecule has 0 aliphatic carbocycles. The Labute approximate surface area is 115 Å². The predicted octanol–water partition coefficient (Wildman–Crippen LogP) is 3.90. The minimum absolute atomic E-state index is 0.589. The van der Waals surface area contributed by atoms with Gasteiger partial charge >= 0.3 is 0 Å². The second-order valence-corrected chi connectivity index (χ2v) is 6.48. The molecule has 1 atom stereocenters. The highest BCUT2D eigenvalue weighted by Gasteiger charge is 2.18. The van der Waals surface area contributed by atoms with Crippen LogP contribution in [0.15, 0.2) is 0 Å². The molecule has 0 aromatic carbocycles. The standard InChI is InChI=1S/C16H36N2/c1-6-7-8-9-10-16(11-17)18(12-14(2)3)13-15(4)5/h14-16H,6-13,17H2,1-5H3. The largest absolute Gasteiger partial charge is 0.329 e. The summed E-state index contributed by atoms with van der Waals surface area (Å²) in [4.78, 5) is 2.63. The van der Waals surface area contributed by atoms with Crippen molar-refractivity contribution in [2.45, 2.75) is 72.8 Å². The van der Waals surface area contributed by atoms with Crippen LogP contribution in [-0.2, 0) is 0 Å². The van der Waals surface area contributed by atoms with E-state index in [0.29, 0.717) is 6.04 Å². The minimum Gasteiger partial charge on any atom is -0.329 e. The van der Waals surface area contributed by atoms with E-state index in [4.69, 9.17) is 5.73 Å². The Hall–Kier alpha value is -0.0800. The normalized spacial score (nSPS) is 13.8. The fourth-order valence-electron chi connectivity index (χ4n) is 2.57. The van der Waals surface area contributed by atoms with Gasteiger partial charge in [0.15, 0.2) is 0 Å². The number of hydrogen-bond acceptors (Lipinski definition) is 2. The van der Waals surface area contributed by atoms with Gasteiger partial charge < -0.3 is 5.73 Å². The van der Waals surface area contributed by atoms with Gasteiger partial charge in [0.1, 0.15) is 0 Å². The molecule has 0 aliphatic rings. The number of nitrogens with two attached hydrogens (primary N) is 1. The van der Waals surface area contributed by atoms with Crippen molar-refractivity contribution < 1.29 is 0 Å². The summed E-state index contributed by atoms with van der Waals surface area (Å²) >= 11 is 0. The molecule has 2 heteroatoms. The van der Waals surface area contributed by atoms with Crippen LogP contribution in [0, 0.1) is 11.8 Å². The lowest BCUT2D eigenvalue weighted by Gasteiger charge is -2.33. The second-order valence-electron chi connectivity index (χ2n) is 6.48. The predicted molar refractivity (Wildman–Crippen MR) is 82.9 cm³/mol. The van der Waals surface area contributed by atoms with Crippen molar-refractivity contribution in [1.29, 1.82) is 0 Å². The second kappa shape index (κ2) is 10.8. The molecule has 0 bridgehead atoms. The highest BCUT2D eigenvalue weighted by atomic mass is 15.2. The first kappa shape index (κ1) is 17.9. The van der Waals surface area contributed by atoms with Gasteiger partial charge in [0.05, 0.1) is 0 Å². The Balaban J connectivity index is 4.21. The van der Waals surface area contributed by atoms with Gasteiger partial charge in [-0.25, -0.2) is 0 Å². The summed E-state index contributed by atoms with van der Waals surface area (Å²) in [7, 11) is 0. The SMILES string of the molecule is CCCCCCC(CN)N(CC(C)C)CC(C)C. The zero-order valence-corrected chi connectivity index (χ0v) is 13.4. The Morgan fingerprint density at radius 3 is 1.83 bits per heavy atom. The molecule has 0 fully saturated rings. The molecule has 0 aliphatic heterocycles. The smallest absolute Gasteiger partial charge is 0.0218 e. The van der Waals surface area contributed by atoms with Crippen LogP contribution in [0.5, 0.6) is 0 Å². The number of hydrogen-bond donors (Lipinski definition) is 1. The lowest BCUT2D eigenvalue weighted by atomic mass is 10.0. The van der Waals surface area contributed by atoms with E-state index < -0.39 is 0 Å². The van der Waals surface area contributed by atoms with Crippen LogP contribution < -0.4 is 5.73 Å². The maximum atomic E-state index is 6.00. The van der Waals surface area contributed by atoms with Crippen LogP contribution in [0.2, 0.25) is 0 Å². The molecule has 0 spiro atoms. The topological polar surface area (TPSA) is 29.3 Å². The Bertz CT molecular complexity index is 168. The quantitative estimate of drug-likeness (QED) is 0.568. The fraction of sp³-hybridized carbons (Fsp3) is 1.00. The molecule has 1 unspecified atom stereocenters. The van der Waals surface area contributed by atoms with Gasteiger partial charge in [-0.2, -0.15) is 0 Å². The van der Waals surface area contributed by atoms with E-state index in [0.717, 1.165) is 18.4 Å². The molecule has 0 radical (unpaired) electrons. The van der Waals surface area contributed by atoms with E-state index in [9.17, 15) is 0 Å². The van der Waals surface area contributed by atoms with E-state index in [1.807, 2.05) is 0 Å². The molecular formula is C16H36N2. The van der Waals surface area contributed by atoms with Crippen LogP contribution in [0.4, 0.5) is 0 Å². The zero-order valence-electron chi connectivity index (χ0n) is 13.4. The maximum absolute atomic E-state index is 6.00. The zero-order chi connectivity index (χ0) is 14.0. The Kier molecular flexibility index (Phi) is 10.8. The first-order valence-corrected chi connectivity index (χ1v) is 7.95. The van der Waals surface area contributed by atoms with Crippen LogP contribution in [0.3, 0.4) is 0 Å². The third-order valence-corrected chi connectivity index (χ3v) is 3.38. The summed E-state index contributed by atoms with van der Waals surface area (Å²) < 4.78 is 0. The van der Waals surface area contributed by atoms with Crippen molar-refractivity contribution in [1.82, 2.24) is 4.90 Å². The molecule has 18 heavy (non-hydrogen) atoms. The third-order valence-electron chi connectivity index (χ3n) is 3.38. The van der Waals surface area contributed by atoms with Gasteiger partial charge in [-0.3, -0.25) is 4.90 Å². The molecule has 0 saturated heterocycles. The molecule has 0 amide bonds. The van der Waals surface area contributed by atoms with Gasteiger partial charge in [0, 0.05) is 25.7 Å². The van der Waals surface area contributed by atoms with Gasteiger partial charge in [0.2, 0.25) is 0 Å². The van der Waals surface area contributed by atoms with Crippen molar-refractivity contribution >= 4 is 0 Å². The third kappa shape index (κ3) is 8.93. The summed E-state index contributed by atoms with van der Waals surface area (Å²) in [5, 5.41) is 0. The summed E-state index contributed by atoms with van der Waals surface area (Å²) in [6.07, 6.45) is 6.66. The Morgan fingerprint density at radius 2 is 1.44 bits per heavy atom. The molecular weight excluding hydrogens is 220 g/mol. The van der Waals surface area contributed by atoms with E-state index in [-0.39, 0.29) is 0 Å². The van der Waals surface area contributed by atoms with E-state index >= 15 is 0 Å². The van der Waals surface area contributed by atoms with Gasteiger partial charge in [-0.15, -0.1) is 0 Å². The van der Waals surface area contributed by atoms with Gasteiger partial charge in [0.25, 0.3) is 0 Å². The summed E-state index contributed by atoms with van der Waals surface area (Å²) in [6.45, 7) is 14.7. The number of nitrogens with zero attached hydrogens (tertiary/aromatic N) is 1. The monoisotopic (exact) mass is 256 g/mol. The molecule has 0 heterocycles. The summed E-state index contributed by atoms with van der Waals surface area (Å²) in [5.41, 5.74) is 6.00. The van der Waals surface area contributed by atoms with Gasteiger partial charge in [-0.1, -0.05) is 60.3 Å². The van der Waals surface area contributed by atoms with Crippen molar-refractivity contribution in [2.24, 2.45) is 17.6 Å². The minimum atomic E-state index is 0.589. The highest BCUT2D eigenvalue weighted by Crippen LogP contribution is 2.14. The maximum Gasteiger partial charge on any atom is 0.0218 e. The summed E-state index contributed by atoms with van der Waals surface area (Å²) in [5.74, 6) is 1.46. The van der Waals surface area contributed by atoms with Crippen LogP contribution in [0.25, 0.3) is 0 Å².